The van der Waals surface area contributed by atoms with E-state index in [0.717, 1.165) is 15.6 Å². The summed E-state index contributed by atoms with van der Waals surface area (Å²) >= 11 is 3.37. The molecule has 0 saturated carbocycles. The first kappa shape index (κ1) is 12.9. The first-order chi connectivity index (χ1) is 5.63. The van der Waals surface area contributed by atoms with Gasteiger partial charge in [0.1, 0.15) is 0 Å². The lowest BCUT2D eigenvalue weighted by Crippen LogP contribution is -2.14. The molecule has 1 atom stereocenters. The first-order valence-corrected chi connectivity index (χ1v) is 4.56. The maximum absolute atomic E-state index is 8.83. The SMILES string of the molecule is Cc1cc(Br)cc([C@H](N)CO)c1.Cl. The Hall–Kier alpha value is -0.0900. The van der Waals surface area contributed by atoms with Crippen LogP contribution >= 0.6 is 28.3 Å². The fourth-order valence-corrected chi connectivity index (χ4v) is 1.71. The van der Waals surface area contributed by atoms with Crippen molar-refractivity contribution < 1.29 is 5.11 Å². The zero-order valence-electron chi connectivity index (χ0n) is 7.33. The van der Waals surface area contributed by atoms with Crippen LogP contribution in [0.1, 0.15) is 17.2 Å². The summed E-state index contributed by atoms with van der Waals surface area (Å²) in [5.41, 5.74) is 7.77. The highest BCUT2D eigenvalue weighted by Gasteiger charge is 2.04. The molecule has 1 aromatic carbocycles. The number of benzene rings is 1. The molecule has 3 N–H and O–H groups in total. The van der Waals surface area contributed by atoms with E-state index in [4.69, 9.17) is 10.8 Å². The number of hydrogen-bond acceptors (Lipinski definition) is 2. The van der Waals surface area contributed by atoms with Crippen molar-refractivity contribution in [3.05, 3.63) is 33.8 Å². The summed E-state index contributed by atoms with van der Waals surface area (Å²) in [4.78, 5) is 0. The van der Waals surface area contributed by atoms with E-state index in [0.29, 0.717) is 0 Å². The monoisotopic (exact) mass is 265 g/mol. The molecular formula is C9H13BrClNO. The Balaban J connectivity index is 0.00000144. The Morgan fingerprint density at radius 3 is 2.54 bits per heavy atom. The number of aryl methyl sites for hydroxylation is 1. The maximum atomic E-state index is 8.83. The molecule has 0 spiro atoms. The Labute approximate surface area is 92.7 Å². The third kappa shape index (κ3) is 3.65. The van der Waals surface area contributed by atoms with E-state index in [2.05, 4.69) is 15.9 Å². The van der Waals surface area contributed by atoms with Gasteiger partial charge >= 0.3 is 0 Å². The molecule has 74 valence electrons. The minimum absolute atomic E-state index is 0. The van der Waals surface area contributed by atoms with Crippen LogP contribution in [0.15, 0.2) is 22.7 Å². The molecule has 4 heteroatoms. The van der Waals surface area contributed by atoms with Gasteiger partial charge in [0.2, 0.25) is 0 Å². The summed E-state index contributed by atoms with van der Waals surface area (Å²) in [5, 5.41) is 8.83. The van der Waals surface area contributed by atoms with Crippen LogP contribution in [-0.4, -0.2) is 11.7 Å². The zero-order valence-corrected chi connectivity index (χ0v) is 9.73. The van der Waals surface area contributed by atoms with Crippen molar-refractivity contribution in [3.63, 3.8) is 0 Å². The lowest BCUT2D eigenvalue weighted by molar-refractivity contribution is 0.268. The van der Waals surface area contributed by atoms with Crippen LogP contribution in [0, 0.1) is 6.92 Å². The van der Waals surface area contributed by atoms with Gasteiger partial charge in [-0.2, -0.15) is 0 Å². The Kier molecular flexibility index (Phi) is 5.56. The lowest BCUT2D eigenvalue weighted by atomic mass is 10.1. The number of aliphatic hydroxyl groups is 1. The van der Waals surface area contributed by atoms with E-state index in [1.165, 1.54) is 0 Å². The van der Waals surface area contributed by atoms with Crippen molar-refractivity contribution >= 4 is 28.3 Å². The molecule has 13 heavy (non-hydrogen) atoms. The van der Waals surface area contributed by atoms with Gasteiger partial charge in [0, 0.05) is 4.47 Å². The second-order valence-electron chi connectivity index (χ2n) is 2.85. The molecule has 0 heterocycles. The summed E-state index contributed by atoms with van der Waals surface area (Å²) in [6.45, 7) is 1.98. The van der Waals surface area contributed by atoms with Gasteiger partial charge in [-0.05, 0) is 30.2 Å². The number of rotatable bonds is 2. The van der Waals surface area contributed by atoms with Crippen LogP contribution in [0.5, 0.6) is 0 Å². The largest absolute Gasteiger partial charge is 0.394 e. The topological polar surface area (TPSA) is 46.2 Å². The van der Waals surface area contributed by atoms with E-state index in [1.807, 2.05) is 25.1 Å². The van der Waals surface area contributed by atoms with Gasteiger partial charge < -0.3 is 10.8 Å². The molecule has 0 aliphatic rings. The number of aliphatic hydroxyl groups excluding tert-OH is 1. The van der Waals surface area contributed by atoms with Gasteiger partial charge in [-0.3, -0.25) is 0 Å². The van der Waals surface area contributed by atoms with Crippen LogP contribution in [0.4, 0.5) is 0 Å². The third-order valence-corrected chi connectivity index (χ3v) is 2.15. The van der Waals surface area contributed by atoms with Gasteiger partial charge in [-0.25, -0.2) is 0 Å². The predicted molar refractivity (Wildman–Crippen MR) is 60.1 cm³/mol. The van der Waals surface area contributed by atoms with Gasteiger partial charge in [-0.1, -0.05) is 22.0 Å². The van der Waals surface area contributed by atoms with Crippen molar-refractivity contribution in [2.75, 3.05) is 6.61 Å². The molecule has 0 radical (unpaired) electrons. The fourth-order valence-electron chi connectivity index (χ4n) is 1.08. The average molecular weight is 267 g/mol. The summed E-state index contributed by atoms with van der Waals surface area (Å²) in [5.74, 6) is 0. The number of hydrogen-bond donors (Lipinski definition) is 2. The van der Waals surface area contributed by atoms with Crippen LogP contribution in [0.2, 0.25) is 0 Å². The van der Waals surface area contributed by atoms with Crippen molar-refractivity contribution in [1.82, 2.24) is 0 Å². The Morgan fingerprint density at radius 2 is 2.08 bits per heavy atom. The molecule has 0 aromatic heterocycles. The minimum atomic E-state index is -0.277. The molecule has 2 nitrogen and oxygen atoms in total. The Morgan fingerprint density at radius 1 is 1.46 bits per heavy atom. The summed E-state index contributed by atoms with van der Waals surface area (Å²) in [7, 11) is 0. The van der Waals surface area contributed by atoms with Gasteiger partial charge in [0.15, 0.2) is 0 Å². The smallest absolute Gasteiger partial charge is 0.0624 e. The second-order valence-corrected chi connectivity index (χ2v) is 3.77. The van der Waals surface area contributed by atoms with E-state index >= 15 is 0 Å². The highest BCUT2D eigenvalue weighted by atomic mass is 79.9. The van der Waals surface area contributed by atoms with Crippen LogP contribution in [0.25, 0.3) is 0 Å². The zero-order chi connectivity index (χ0) is 9.14. The summed E-state index contributed by atoms with van der Waals surface area (Å²) in [6.07, 6.45) is 0. The number of halogens is 2. The van der Waals surface area contributed by atoms with Crippen molar-refractivity contribution in [2.24, 2.45) is 5.73 Å². The maximum Gasteiger partial charge on any atom is 0.0624 e. The average Bonchev–Trinajstić information content (AvgIpc) is 2.01. The van der Waals surface area contributed by atoms with Crippen molar-refractivity contribution in [3.8, 4) is 0 Å². The molecule has 0 unspecified atom stereocenters. The molecule has 0 amide bonds. The van der Waals surface area contributed by atoms with E-state index in [1.54, 1.807) is 0 Å². The summed E-state index contributed by atoms with van der Waals surface area (Å²) in [6, 6.07) is 5.63. The van der Waals surface area contributed by atoms with Crippen LogP contribution in [-0.2, 0) is 0 Å². The van der Waals surface area contributed by atoms with Crippen molar-refractivity contribution in [1.29, 1.82) is 0 Å². The van der Waals surface area contributed by atoms with Gasteiger partial charge in [0.25, 0.3) is 0 Å². The highest BCUT2D eigenvalue weighted by molar-refractivity contribution is 9.10. The molecule has 0 saturated heterocycles. The molecule has 0 fully saturated rings. The first-order valence-electron chi connectivity index (χ1n) is 3.77. The molecule has 0 bridgehead atoms. The summed E-state index contributed by atoms with van der Waals surface area (Å²) < 4.78 is 1.00. The van der Waals surface area contributed by atoms with Crippen LogP contribution in [0.3, 0.4) is 0 Å². The van der Waals surface area contributed by atoms with Crippen LogP contribution < -0.4 is 5.73 Å². The third-order valence-electron chi connectivity index (χ3n) is 1.69. The van der Waals surface area contributed by atoms with E-state index in [-0.39, 0.29) is 25.1 Å². The van der Waals surface area contributed by atoms with E-state index < -0.39 is 0 Å². The molecular weight excluding hydrogens is 253 g/mol. The van der Waals surface area contributed by atoms with Gasteiger partial charge in [0.05, 0.1) is 12.6 Å². The standard InChI is InChI=1S/C9H12BrNO.ClH/c1-6-2-7(9(11)5-12)4-8(10)3-6;/h2-4,9,12H,5,11H2,1H3;1H/t9-;/m1./s1. The lowest BCUT2D eigenvalue weighted by Gasteiger charge is -2.09. The number of nitrogens with two attached hydrogens (primary N) is 1. The molecule has 1 aromatic rings. The van der Waals surface area contributed by atoms with Crippen molar-refractivity contribution in [2.45, 2.75) is 13.0 Å². The molecule has 0 aliphatic carbocycles. The highest BCUT2D eigenvalue weighted by Crippen LogP contribution is 2.18. The Bertz CT molecular complexity index is 260. The molecule has 0 aliphatic heterocycles. The second kappa shape index (κ2) is 5.60. The van der Waals surface area contributed by atoms with Gasteiger partial charge in [-0.15, -0.1) is 12.4 Å². The quantitative estimate of drug-likeness (QED) is 0.862. The fraction of sp³-hybridized carbons (Fsp3) is 0.333. The predicted octanol–water partition coefficient (Wildman–Crippen LogP) is 2.17. The molecule has 1 rings (SSSR count). The normalized spacial score (nSPS) is 12.0. The minimum Gasteiger partial charge on any atom is -0.394 e. The van der Waals surface area contributed by atoms with E-state index in [9.17, 15) is 0 Å².